The summed E-state index contributed by atoms with van der Waals surface area (Å²) in [6.07, 6.45) is 8.33. The fourth-order valence-corrected chi connectivity index (χ4v) is 4.38. The molecule has 0 unspecified atom stereocenters. The van der Waals surface area contributed by atoms with Crippen molar-refractivity contribution in [1.82, 2.24) is 9.80 Å². The molecule has 2 aliphatic heterocycles. The van der Waals surface area contributed by atoms with Gasteiger partial charge in [0.05, 0.1) is 6.10 Å². The van der Waals surface area contributed by atoms with E-state index in [9.17, 15) is 5.11 Å². The van der Waals surface area contributed by atoms with Gasteiger partial charge in [0, 0.05) is 30.6 Å². The standard InChI is InChI=1S/C19H30N2OS/c1-23-17-8-6-16(7-9-17)14-20-13-10-18(19(22)15-20)21-11-4-2-3-5-12-21/h6-9,18-19,22H,2-5,10-15H2,1H3/t18-,19-/m0/s1. The quantitative estimate of drug-likeness (QED) is 0.855. The van der Waals surface area contributed by atoms with Crippen LogP contribution in [0.3, 0.4) is 0 Å². The van der Waals surface area contributed by atoms with E-state index in [1.165, 1.54) is 49.2 Å². The fourth-order valence-electron chi connectivity index (χ4n) is 3.97. The molecule has 4 heteroatoms. The zero-order valence-corrected chi connectivity index (χ0v) is 15.1. The van der Waals surface area contributed by atoms with Gasteiger partial charge < -0.3 is 5.11 Å². The first kappa shape index (κ1) is 17.3. The Balaban J connectivity index is 1.53. The molecule has 2 aliphatic rings. The molecule has 1 N–H and O–H groups in total. The molecule has 128 valence electrons. The number of hydrogen-bond donors (Lipinski definition) is 1. The van der Waals surface area contributed by atoms with Crippen LogP contribution < -0.4 is 0 Å². The van der Waals surface area contributed by atoms with Gasteiger partial charge in [-0.05, 0) is 56.3 Å². The maximum absolute atomic E-state index is 10.7. The van der Waals surface area contributed by atoms with Gasteiger partial charge in [0.2, 0.25) is 0 Å². The number of aliphatic hydroxyl groups is 1. The largest absolute Gasteiger partial charge is 0.390 e. The second kappa shape index (κ2) is 8.52. The third-order valence-electron chi connectivity index (χ3n) is 5.31. The van der Waals surface area contributed by atoms with Crippen molar-refractivity contribution < 1.29 is 5.11 Å². The van der Waals surface area contributed by atoms with E-state index in [1.54, 1.807) is 11.8 Å². The van der Waals surface area contributed by atoms with Crippen LogP contribution in [0.2, 0.25) is 0 Å². The highest BCUT2D eigenvalue weighted by molar-refractivity contribution is 7.98. The fraction of sp³-hybridized carbons (Fsp3) is 0.684. The molecule has 0 radical (unpaired) electrons. The van der Waals surface area contributed by atoms with Crippen molar-refractivity contribution in [3.8, 4) is 0 Å². The van der Waals surface area contributed by atoms with Crippen molar-refractivity contribution in [3.05, 3.63) is 29.8 Å². The molecule has 0 aliphatic carbocycles. The van der Waals surface area contributed by atoms with E-state index in [0.29, 0.717) is 6.04 Å². The summed E-state index contributed by atoms with van der Waals surface area (Å²) < 4.78 is 0. The summed E-state index contributed by atoms with van der Waals surface area (Å²) >= 11 is 1.78. The lowest BCUT2D eigenvalue weighted by Crippen LogP contribution is -2.54. The molecule has 1 aromatic rings. The molecule has 2 fully saturated rings. The molecule has 3 rings (SSSR count). The number of nitrogens with zero attached hydrogens (tertiary/aromatic N) is 2. The van der Waals surface area contributed by atoms with Crippen molar-refractivity contribution in [2.24, 2.45) is 0 Å². The van der Waals surface area contributed by atoms with Gasteiger partial charge in [-0.2, -0.15) is 0 Å². The maximum atomic E-state index is 10.7. The van der Waals surface area contributed by atoms with Crippen LogP contribution in [0.1, 0.15) is 37.7 Å². The van der Waals surface area contributed by atoms with Gasteiger partial charge in [0.1, 0.15) is 0 Å². The van der Waals surface area contributed by atoms with Crippen molar-refractivity contribution in [1.29, 1.82) is 0 Å². The molecule has 0 aromatic heterocycles. The molecule has 2 heterocycles. The van der Waals surface area contributed by atoms with Crippen LogP contribution >= 0.6 is 11.8 Å². The maximum Gasteiger partial charge on any atom is 0.0822 e. The topological polar surface area (TPSA) is 26.7 Å². The summed E-state index contributed by atoms with van der Waals surface area (Å²) in [5, 5.41) is 10.7. The van der Waals surface area contributed by atoms with E-state index in [1.807, 2.05) is 0 Å². The Hall–Kier alpha value is -0.550. The average Bonchev–Trinajstić information content (AvgIpc) is 2.85. The molecule has 0 amide bonds. The van der Waals surface area contributed by atoms with Crippen LogP contribution in [0.25, 0.3) is 0 Å². The predicted molar refractivity (Wildman–Crippen MR) is 98.0 cm³/mol. The number of likely N-dealkylation sites (tertiary alicyclic amines) is 2. The minimum absolute atomic E-state index is 0.202. The number of hydrogen-bond acceptors (Lipinski definition) is 4. The van der Waals surface area contributed by atoms with E-state index in [2.05, 4.69) is 40.3 Å². The number of thioether (sulfide) groups is 1. The Kier molecular flexibility index (Phi) is 6.40. The number of rotatable bonds is 4. The third kappa shape index (κ3) is 4.72. The van der Waals surface area contributed by atoms with Crippen LogP contribution in [0.4, 0.5) is 0 Å². The molecular formula is C19H30N2OS. The summed E-state index contributed by atoms with van der Waals surface area (Å²) in [5.41, 5.74) is 1.35. The lowest BCUT2D eigenvalue weighted by atomic mass is 9.99. The van der Waals surface area contributed by atoms with E-state index < -0.39 is 0 Å². The molecule has 1 aromatic carbocycles. The van der Waals surface area contributed by atoms with Crippen LogP contribution in [-0.4, -0.2) is 59.5 Å². The highest BCUT2D eigenvalue weighted by Crippen LogP contribution is 2.23. The van der Waals surface area contributed by atoms with Crippen LogP contribution in [-0.2, 0) is 6.54 Å². The number of β-amino-alcohol motifs (C(OH)–C–C–N with tert-alkyl or cyclic N) is 1. The minimum atomic E-state index is -0.202. The second-order valence-electron chi connectivity index (χ2n) is 6.96. The van der Waals surface area contributed by atoms with Crippen LogP contribution in [0.5, 0.6) is 0 Å². The first-order valence-corrected chi connectivity index (χ1v) is 10.3. The summed E-state index contributed by atoms with van der Waals surface area (Å²) in [7, 11) is 0. The van der Waals surface area contributed by atoms with Gasteiger partial charge >= 0.3 is 0 Å². The Morgan fingerprint density at radius 2 is 1.74 bits per heavy atom. The molecule has 0 bridgehead atoms. The van der Waals surface area contributed by atoms with E-state index in [4.69, 9.17) is 0 Å². The number of piperidine rings is 1. The molecule has 3 nitrogen and oxygen atoms in total. The van der Waals surface area contributed by atoms with Gasteiger partial charge in [0.15, 0.2) is 0 Å². The van der Waals surface area contributed by atoms with E-state index in [0.717, 1.165) is 26.1 Å². The van der Waals surface area contributed by atoms with Gasteiger partial charge in [-0.1, -0.05) is 25.0 Å². The first-order valence-electron chi connectivity index (χ1n) is 9.03. The minimum Gasteiger partial charge on any atom is -0.390 e. The van der Waals surface area contributed by atoms with Gasteiger partial charge in [0.25, 0.3) is 0 Å². The lowest BCUT2D eigenvalue weighted by molar-refractivity contribution is -0.0144. The molecule has 2 saturated heterocycles. The predicted octanol–water partition coefficient (Wildman–Crippen LogP) is 3.22. The lowest BCUT2D eigenvalue weighted by Gasteiger charge is -2.41. The zero-order chi connectivity index (χ0) is 16.1. The van der Waals surface area contributed by atoms with Crippen molar-refractivity contribution in [3.63, 3.8) is 0 Å². The van der Waals surface area contributed by atoms with Crippen LogP contribution in [0, 0.1) is 0 Å². The Morgan fingerprint density at radius 3 is 2.35 bits per heavy atom. The molecular weight excluding hydrogens is 304 g/mol. The number of aliphatic hydroxyl groups excluding tert-OH is 1. The summed E-state index contributed by atoms with van der Waals surface area (Å²) in [4.78, 5) is 6.28. The Bertz CT molecular complexity index is 471. The second-order valence-corrected chi connectivity index (χ2v) is 7.84. The van der Waals surface area contributed by atoms with Crippen molar-refractivity contribution in [2.45, 2.75) is 55.7 Å². The molecule has 23 heavy (non-hydrogen) atoms. The smallest absolute Gasteiger partial charge is 0.0822 e. The van der Waals surface area contributed by atoms with Crippen molar-refractivity contribution >= 4 is 11.8 Å². The van der Waals surface area contributed by atoms with Gasteiger partial charge in [-0.3, -0.25) is 9.80 Å². The van der Waals surface area contributed by atoms with Crippen molar-refractivity contribution in [2.75, 3.05) is 32.4 Å². The SMILES string of the molecule is CSc1ccc(CN2CC[C@H](N3CCCCCC3)[C@@H](O)C2)cc1. The molecule has 0 spiro atoms. The third-order valence-corrected chi connectivity index (χ3v) is 6.05. The number of benzene rings is 1. The van der Waals surface area contributed by atoms with E-state index in [-0.39, 0.29) is 6.10 Å². The molecule has 0 saturated carbocycles. The highest BCUT2D eigenvalue weighted by atomic mass is 32.2. The Morgan fingerprint density at radius 1 is 1.04 bits per heavy atom. The van der Waals surface area contributed by atoms with Crippen LogP contribution in [0.15, 0.2) is 29.2 Å². The highest BCUT2D eigenvalue weighted by Gasteiger charge is 2.32. The summed E-state index contributed by atoms with van der Waals surface area (Å²) in [6.45, 7) is 5.22. The van der Waals surface area contributed by atoms with E-state index >= 15 is 0 Å². The van der Waals surface area contributed by atoms with Gasteiger partial charge in [-0.25, -0.2) is 0 Å². The average molecular weight is 335 g/mol. The first-order chi connectivity index (χ1) is 11.3. The molecule has 2 atom stereocenters. The Labute approximate surface area is 145 Å². The van der Waals surface area contributed by atoms with Gasteiger partial charge in [-0.15, -0.1) is 11.8 Å². The summed E-state index contributed by atoms with van der Waals surface area (Å²) in [5.74, 6) is 0. The zero-order valence-electron chi connectivity index (χ0n) is 14.3. The normalized spacial score (nSPS) is 27.7. The summed E-state index contributed by atoms with van der Waals surface area (Å²) in [6, 6.07) is 9.21. The monoisotopic (exact) mass is 334 g/mol.